The summed E-state index contributed by atoms with van der Waals surface area (Å²) in [5.41, 5.74) is -2.18. The number of hydrogen-bond acceptors (Lipinski definition) is 5. The Bertz CT molecular complexity index is 496. The molecule has 0 fully saturated rings. The molecule has 0 aliphatic heterocycles. The van der Waals surface area contributed by atoms with Gasteiger partial charge in [0.1, 0.15) is 10.7 Å². The first-order chi connectivity index (χ1) is 8.38. The van der Waals surface area contributed by atoms with E-state index in [9.17, 15) is 23.7 Å². The second-order valence-corrected chi connectivity index (χ2v) is 3.50. The van der Waals surface area contributed by atoms with Gasteiger partial charge in [-0.2, -0.15) is 0 Å². The average Bonchev–Trinajstić information content (AvgIpc) is 2.30. The fourth-order valence-electron chi connectivity index (χ4n) is 1.29. The normalized spacial score (nSPS) is 10.5. The number of nitrogens with zero attached hydrogens (tertiary/aromatic N) is 2. The number of hydrogen-bond donors (Lipinski definition) is 0. The minimum Gasteiger partial charge on any atom is -0.469 e. The van der Waals surface area contributed by atoms with Gasteiger partial charge in [-0.3, -0.25) is 14.9 Å². The van der Waals surface area contributed by atoms with E-state index in [1.165, 1.54) is 0 Å². The van der Waals surface area contributed by atoms with Gasteiger partial charge in [0.05, 0.1) is 24.0 Å². The molecule has 0 spiro atoms. The lowest BCUT2D eigenvalue weighted by molar-refractivity contribution is -0.387. The van der Waals surface area contributed by atoms with Gasteiger partial charge in [-0.05, 0) is 0 Å². The van der Waals surface area contributed by atoms with Crippen LogP contribution in [-0.2, 0) is 16.0 Å². The van der Waals surface area contributed by atoms with Gasteiger partial charge in [0.2, 0.25) is 0 Å². The highest BCUT2D eigenvalue weighted by atomic mass is 35.5. The van der Waals surface area contributed by atoms with Crippen molar-refractivity contribution in [3.05, 3.63) is 32.6 Å². The van der Waals surface area contributed by atoms with Crippen LogP contribution in [0.5, 0.6) is 0 Å². The molecule has 0 atom stereocenters. The van der Waals surface area contributed by atoms with E-state index < -0.39 is 35.0 Å². The van der Waals surface area contributed by atoms with Gasteiger partial charge in [-0.1, -0.05) is 11.6 Å². The Balaban J connectivity index is 3.41. The van der Waals surface area contributed by atoms with E-state index >= 15 is 0 Å². The van der Waals surface area contributed by atoms with Crippen molar-refractivity contribution < 1.29 is 23.2 Å². The molecule has 0 unspecified atom stereocenters. The van der Waals surface area contributed by atoms with E-state index in [1.807, 2.05) is 0 Å². The van der Waals surface area contributed by atoms with Gasteiger partial charge in [-0.25, -0.2) is 13.8 Å². The van der Waals surface area contributed by atoms with Crippen molar-refractivity contribution in [1.29, 1.82) is 0 Å². The third-order valence-electron chi connectivity index (χ3n) is 2.09. The van der Waals surface area contributed by atoms with Crippen LogP contribution in [-0.4, -0.2) is 23.0 Å². The highest BCUT2D eigenvalue weighted by molar-refractivity contribution is 6.30. The Kier molecular flexibility index (Phi) is 4.49. The average molecular weight is 281 g/mol. The molecule has 1 aromatic heterocycles. The van der Waals surface area contributed by atoms with Gasteiger partial charge < -0.3 is 4.74 Å². The number of methoxy groups -OCH3 is 1. The van der Waals surface area contributed by atoms with Crippen molar-refractivity contribution in [2.24, 2.45) is 0 Å². The minimum atomic E-state index is -3.09. The molecule has 0 N–H and O–H groups in total. The summed E-state index contributed by atoms with van der Waals surface area (Å²) in [5, 5.41) is 10.4. The molecule has 98 valence electrons. The van der Waals surface area contributed by atoms with Crippen molar-refractivity contribution in [2.45, 2.75) is 12.8 Å². The summed E-state index contributed by atoms with van der Waals surface area (Å²) in [7, 11) is 1.06. The van der Waals surface area contributed by atoms with Gasteiger partial charge in [-0.15, -0.1) is 0 Å². The van der Waals surface area contributed by atoms with Crippen molar-refractivity contribution in [2.75, 3.05) is 7.11 Å². The minimum absolute atomic E-state index is 0.378. The number of carbonyl (C=O) groups excluding carboxylic acids is 1. The largest absolute Gasteiger partial charge is 0.469 e. The SMILES string of the molecule is COC(=O)Cc1c(Cl)ncc(C(F)F)c1[N+](=O)[O-]. The molecule has 9 heteroatoms. The van der Waals surface area contributed by atoms with Crippen LogP contribution in [0.15, 0.2) is 6.20 Å². The molecule has 0 radical (unpaired) electrons. The Morgan fingerprint density at radius 2 is 2.28 bits per heavy atom. The maximum atomic E-state index is 12.6. The number of pyridine rings is 1. The lowest BCUT2D eigenvalue weighted by atomic mass is 10.1. The van der Waals surface area contributed by atoms with Gasteiger partial charge in [0.15, 0.2) is 0 Å². The van der Waals surface area contributed by atoms with E-state index in [0.29, 0.717) is 6.20 Å². The molecule has 6 nitrogen and oxygen atoms in total. The van der Waals surface area contributed by atoms with E-state index in [0.717, 1.165) is 7.11 Å². The third-order valence-corrected chi connectivity index (χ3v) is 2.42. The van der Waals surface area contributed by atoms with E-state index in [2.05, 4.69) is 9.72 Å². The number of halogens is 3. The number of esters is 1. The predicted octanol–water partition coefficient (Wildman–Crippen LogP) is 2.30. The van der Waals surface area contributed by atoms with Gasteiger partial charge in [0, 0.05) is 6.20 Å². The molecule has 1 heterocycles. The van der Waals surface area contributed by atoms with Crippen molar-refractivity contribution >= 4 is 23.3 Å². The summed E-state index contributed by atoms with van der Waals surface area (Å²) in [6, 6.07) is 0. The first-order valence-electron chi connectivity index (χ1n) is 4.55. The standard InChI is InChI=1S/C9H7ClF2N2O4/c1-18-6(15)2-4-7(14(16)17)5(9(11)12)3-13-8(4)10/h3,9H,2H2,1H3. The van der Waals surface area contributed by atoms with Crippen LogP contribution in [0.25, 0.3) is 0 Å². The smallest absolute Gasteiger partial charge is 0.310 e. The number of nitro groups is 1. The second-order valence-electron chi connectivity index (χ2n) is 3.14. The second kappa shape index (κ2) is 5.67. The molecular weight excluding hydrogens is 274 g/mol. The van der Waals surface area contributed by atoms with Crippen LogP contribution in [0.2, 0.25) is 5.15 Å². The summed E-state index contributed by atoms with van der Waals surface area (Å²) in [6.45, 7) is 0. The summed E-state index contributed by atoms with van der Waals surface area (Å²) in [4.78, 5) is 24.3. The fourth-order valence-corrected chi connectivity index (χ4v) is 1.49. The molecule has 0 amide bonds. The molecule has 1 rings (SSSR count). The van der Waals surface area contributed by atoms with Crippen molar-refractivity contribution in [3.8, 4) is 0 Å². The molecular formula is C9H7ClF2N2O4. The van der Waals surface area contributed by atoms with Crippen molar-refractivity contribution in [1.82, 2.24) is 4.98 Å². The molecule has 0 saturated carbocycles. The number of rotatable bonds is 4. The quantitative estimate of drug-likeness (QED) is 0.366. The molecule has 0 bridgehead atoms. The maximum absolute atomic E-state index is 12.6. The summed E-state index contributed by atoms with van der Waals surface area (Å²) < 4.78 is 29.5. The van der Waals surface area contributed by atoms with Crippen LogP contribution < -0.4 is 0 Å². The number of carbonyl (C=O) groups is 1. The van der Waals surface area contributed by atoms with E-state index in [1.54, 1.807) is 0 Å². The fraction of sp³-hybridized carbons (Fsp3) is 0.333. The Hall–Kier alpha value is -1.83. The van der Waals surface area contributed by atoms with Crippen LogP contribution in [0.4, 0.5) is 14.5 Å². The van der Waals surface area contributed by atoms with Crippen LogP contribution in [0.1, 0.15) is 17.6 Å². The summed E-state index contributed by atoms with van der Waals surface area (Å²) in [5.74, 6) is -0.840. The van der Waals surface area contributed by atoms with E-state index in [4.69, 9.17) is 11.6 Å². The Morgan fingerprint density at radius 3 is 2.72 bits per heavy atom. The highest BCUT2D eigenvalue weighted by Gasteiger charge is 2.29. The molecule has 18 heavy (non-hydrogen) atoms. The number of ether oxygens (including phenoxy) is 1. The zero-order valence-corrected chi connectivity index (χ0v) is 9.78. The Morgan fingerprint density at radius 1 is 1.67 bits per heavy atom. The highest BCUT2D eigenvalue weighted by Crippen LogP contribution is 2.34. The van der Waals surface area contributed by atoms with Crippen LogP contribution in [0, 0.1) is 10.1 Å². The first kappa shape index (κ1) is 14.2. The van der Waals surface area contributed by atoms with Crippen molar-refractivity contribution in [3.63, 3.8) is 0 Å². The van der Waals surface area contributed by atoms with Gasteiger partial charge >= 0.3 is 5.97 Å². The topological polar surface area (TPSA) is 82.3 Å². The number of alkyl halides is 2. The summed E-state index contributed by atoms with van der Waals surface area (Å²) >= 11 is 5.58. The zero-order chi connectivity index (χ0) is 13.9. The zero-order valence-electron chi connectivity index (χ0n) is 9.02. The summed E-state index contributed by atoms with van der Waals surface area (Å²) in [6.07, 6.45) is -3.07. The molecule has 0 aliphatic rings. The molecule has 0 aromatic carbocycles. The maximum Gasteiger partial charge on any atom is 0.310 e. The lowest BCUT2D eigenvalue weighted by Crippen LogP contribution is -2.10. The van der Waals surface area contributed by atoms with Crippen LogP contribution in [0.3, 0.4) is 0 Å². The third kappa shape index (κ3) is 2.89. The van der Waals surface area contributed by atoms with Crippen LogP contribution >= 0.6 is 11.6 Å². The Labute approximate surface area is 105 Å². The molecule has 0 saturated heterocycles. The predicted molar refractivity (Wildman–Crippen MR) is 56.6 cm³/mol. The monoisotopic (exact) mass is 280 g/mol. The molecule has 1 aromatic rings. The first-order valence-corrected chi connectivity index (χ1v) is 4.92. The lowest BCUT2D eigenvalue weighted by Gasteiger charge is -2.07. The molecule has 0 aliphatic carbocycles. The van der Waals surface area contributed by atoms with Gasteiger partial charge in [0.25, 0.3) is 12.1 Å². The number of aromatic nitrogens is 1. The van der Waals surface area contributed by atoms with E-state index in [-0.39, 0.29) is 10.7 Å².